The van der Waals surface area contributed by atoms with Crippen LogP contribution in [0.5, 0.6) is 0 Å². The van der Waals surface area contributed by atoms with Crippen LogP contribution >= 0.6 is 51.2 Å². The van der Waals surface area contributed by atoms with Gasteiger partial charge in [-0.05, 0) is 98.3 Å². The molecular weight excluding hydrogens is 844 g/mol. The van der Waals surface area contributed by atoms with Crippen molar-refractivity contribution in [1.82, 2.24) is 4.98 Å². The van der Waals surface area contributed by atoms with Crippen LogP contribution in [0.15, 0.2) is 95.9 Å². The Bertz CT molecular complexity index is 1500. The van der Waals surface area contributed by atoms with Crippen LogP contribution in [0.1, 0.15) is 45.4 Å². The number of pyridine rings is 1. The third-order valence-electron chi connectivity index (χ3n) is 7.23. The van der Waals surface area contributed by atoms with Crippen LogP contribution in [0.2, 0.25) is 0 Å². The number of hydrogen-bond donors (Lipinski definition) is 0. The van der Waals surface area contributed by atoms with Crippen LogP contribution in [-0.2, 0) is 13.5 Å². The molecule has 2 aliphatic heterocycles. The first-order valence-corrected chi connectivity index (χ1v) is 22.6. The van der Waals surface area contributed by atoms with Crippen LogP contribution in [0.4, 0.5) is 11.4 Å². The van der Waals surface area contributed by atoms with Crippen molar-refractivity contribution in [2.24, 2.45) is 0 Å². The van der Waals surface area contributed by atoms with E-state index in [4.69, 9.17) is 19.4 Å². The third kappa shape index (κ3) is 13.8. The zero-order chi connectivity index (χ0) is 34.3. The zero-order valence-corrected chi connectivity index (χ0v) is 34.3. The van der Waals surface area contributed by atoms with Crippen molar-refractivity contribution in [3.8, 4) is 0 Å². The molecule has 0 bridgehead atoms. The van der Waals surface area contributed by atoms with E-state index < -0.39 is 13.5 Å². The summed E-state index contributed by atoms with van der Waals surface area (Å²) in [5, 5.41) is 4.03. The summed E-state index contributed by atoms with van der Waals surface area (Å²) in [6.07, 6.45) is 8.56. The Morgan fingerprint density at radius 1 is 0.830 bits per heavy atom. The van der Waals surface area contributed by atoms with E-state index in [1.54, 1.807) is 12.4 Å². The molecule has 1 fully saturated rings. The van der Waals surface area contributed by atoms with Crippen molar-refractivity contribution in [3.63, 3.8) is 0 Å². The van der Waals surface area contributed by atoms with E-state index in [9.17, 15) is 0 Å². The van der Waals surface area contributed by atoms with E-state index in [1.807, 2.05) is 53.3 Å². The van der Waals surface area contributed by atoms with Crippen LogP contribution in [0.25, 0.3) is 5.32 Å². The molecule has 6 rings (SSSR count). The molecule has 4 aromatic rings. The molecular formula is C38H44Br2Cl2N4Ru-2. The molecule has 3 aromatic carbocycles. The second kappa shape index (κ2) is 20.5. The maximum atomic E-state index is 5.67. The number of anilines is 2. The second-order valence-corrected chi connectivity index (χ2v) is 19.4. The van der Waals surface area contributed by atoms with Gasteiger partial charge in [0.15, 0.2) is 0 Å². The van der Waals surface area contributed by atoms with Gasteiger partial charge in [-0.1, -0.05) is 51.3 Å². The van der Waals surface area contributed by atoms with E-state index in [2.05, 4.69) is 131 Å². The fraction of sp³-hybridized carbons (Fsp3) is 0.289. The normalized spacial score (nSPS) is 15.2. The Morgan fingerprint density at radius 3 is 1.70 bits per heavy atom. The average Bonchev–Trinajstić information content (AvgIpc) is 3.47. The number of halogens is 4. The van der Waals surface area contributed by atoms with Crippen molar-refractivity contribution in [1.29, 1.82) is 0 Å². The van der Waals surface area contributed by atoms with Gasteiger partial charge in [-0.15, -0.1) is 12.6 Å². The molecule has 0 aliphatic carbocycles. The fourth-order valence-electron chi connectivity index (χ4n) is 5.57. The fourth-order valence-corrected chi connectivity index (χ4v) is 8.05. The Hall–Kier alpha value is -2.02. The van der Waals surface area contributed by atoms with Crippen molar-refractivity contribution in [3.05, 3.63) is 147 Å². The average molecular weight is 889 g/mol. The first kappa shape index (κ1) is 39.4. The quantitative estimate of drug-likeness (QED) is 0.117. The number of nitrogens with zero attached hydrogens (tertiary/aromatic N) is 4. The molecule has 1 saturated heterocycles. The number of hydrogen-bond acceptors (Lipinski definition) is 3. The van der Waals surface area contributed by atoms with Gasteiger partial charge in [0.25, 0.3) is 0 Å². The van der Waals surface area contributed by atoms with Gasteiger partial charge in [-0.2, -0.15) is 12.9 Å². The molecule has 0 amide bonds. The van der Waals surface area contributed by atoms with E-state index >= 15 is 0 Å². The number of aryl methyl sites for hydroxylation is 6. The van der Waals surface area contributed by atoms with Crippen molar-refractivity contribution in [2.75, 3.05) is 29.4 Å². The monoisotopic (exact) mass is 886 g/mol. The van der Waals surface area contributed by atoms with Gasteiger partial charge in [-0.25, -0.2) is 0 Å². The summed E-state index contributed by atoms with van der Waals surface area (Å²) in [6, 6.07) is 22.8. The summed E-state index contributed by atoms with van der Waals surface area (Å²) in [7, 11) is 11.3. The predicted molar refractivity (Wildman–Crippen MR) is 210 cm³/mol. The number of benzene rings is 3. The molecule has 4 nitrogen and oxygen atoms in total. The standard InChI is InChI=1S/C21H27N2.C7H6.C5H7BrN.C5H4BrN.2ClH.Ru/c1-14-9-16(3)20(17(4)10-14)22-7-8-23(13-22)21-18(5)11-15(2)12-19(21)6;1-7-5-3-2-4-6-7;2*6-5-2-1-3-7-4-5;;;/h9-13H,7-8H2,1-6H3;1-6H;1,3,5H,2,4H2;1-4H;2*1H;/q-1;;-1;;;;+2/p-2/t;;5-;;;;/m..0..../s1. The molecule has 0 N–H and O–H groups in total. The summed E-state index contributed by atoms with van der Waals surface area (Å²) in [5.41, 5.74) is 12.0. The van der Waals surface area contributed by atoms with Crippen molar-refractivity contribution in [2.45, 2.75) is 52.8 Å². The molecule has 0 spiro atoms. The van der Waals surface area contributed by atoms with Gasteiger partial charge in [-0.3, -0.25) is 4.98 Å². The molecule has 1 aromatic heterocycles. The molecule has 0 saturated carbocycles. The summed E-state index contributed by atoms with van der Waals surface area (Å²) >= 11 is 5.08. The van der Waals surface area contributed by atoms with Gasteiger partial charge in [0.1, 0.15) is 0 Å². The molecule has 0 radical (unpaired) electrons. The second-order valence-electron chi connectivity index (χ2n) is 11.5. The Balaban J connectivity index is 0.000000204. The first-order valence-electron chi connectivity index (χ1n) is 15.4. The van der Waals surface area contributed by atoms with E-state index in [-0.39, 0.29) is 0 Å². The van der Waals surface area contributed by atoms with E-state index in [0.717, 1.165) is 36.1 Å². The molecule has 0 unspecified atom stereocenters. The third-order valence-corrected chi connectivity index (χ3v) is 10.2. The molecule has 1 atom stereocenters. The number of rotatable bonds is 3. The zero-order valence-electron chi connectivity index (χ0n) is 27.9. The molecule has 2 aliphatic rings. The van der Waals surface area contributed by atoms with Gasteiger partial charge in [0.2, 0.25) is 0 Å². The maximum absolute atomic E-state index is 5.67. The van der Waals surface area contributed by atoms with Crippen LogP contribution in [-0.4, -0.2) is 34.1 Å². The van der Waals surface area contributed by atoms with Crippen LogP contribution < -0.4 is 9.80 Å². The molecule has 9 heteroatoms. The van der Waals surface area contributed by atoms with Crippen LogP contribution in [0.3, 0.4) is 0 Å². The summed E-state index contributed by atoms with van der Waals surface area (Å²) in [5.74, 6) is 0. The molecule has 3 heterocycles. The van der Waals surface area contributed by atoms with Crippen molar-refractivity contribution >= 4 is 67.2 Å². The Labute approximate surface area is 312 Å². The minimum absolute atomic E-state index is 0.595. The van der Waals surface area contributed by atoms with Crippen molar-refractivity contribution < 1.29 is 13.5 Å². The number of allylic oxidation sites excluding steroid dienone is 1. The molecule has 47 heavy (non-hydrogen) atoms. The Morgan fingerprint density at radius 2 is 1.36 bits per heavy atom. The first-order chi connectivity index (χ1) is 22.4. The summed E-state index contributed by atoms with van der Waals surface area (Å²) in [4.78, 5) is 9.24. The predicted octanol–water partition coefficient (Wildman–Crippen LogP) is 11.6. The Kier molecular flexibility index (Phi) is 17.2. The van der Waals surface area contributed by atoms with E-state index in [1.165, 1.54) is 44.8 Å². The SMILES string of the molecule is Br[C@H]1CC=C[N-]C1.Brc1cccnc1.Cc1cc(C)c(N2[CH-]N(c3c(C)cc(C)cc3C)CC2)c(C)c1.[Cl][Ru]([Cl])=[CH]c1ccccc1. The summed E-state index contributed by atoms with van der Waals surface area (Å²) in [6.45, 7) is 18.5. The minimum atomic E-state index is -1.61. The van der Waals surface area contributed by atoms with Crippen LogP contribution in [0, 0.1) is 48.2 Å². The summed E-state index contributed by atoms with van der Waals surface area (Å²) < 4.78 is 2.95. The molecule has 254 valence electrons. The van der Waals surface area contributed by atoms with Gasteiger partial charge in [0, 0.05) is 46.2 Å². The topological polar surface area (TPSA) is 33.5 Å². The number of aromatic nitrogens is 1. The van der Waals surface area contributed by atoms with E-state index in [0.29, 0.717) is 4.83 Å². The van der Waals surface area contributed by atoms with Gasteiger partial charge in [0.05, 0.1) is 0 Å². The number of alkyl halides is 1. The van der Waals surface area contributed by atoms with Gasteiger partial charge < -0.3 is 15.1 Å². The van der Waals surface area contributed by atoms with Gasteiger partial charge >= 0.3 is 73.4 Å².